The van der Waals surface area contributed by atoms with Gasteiger partial charge in [-0.05, 0) is 32.0 Å². The molecule has 2 atom stereocenters. The Hall–Kier alpha value is -0.386. The summed E-state index contributed by atoms with van der Waals surface area (Å²) in [4.78, 5) is 0. The van der Waals surface area contributed by atoms with E-state index in [0.717, 1.165) is 0 Å². The van der Waals surface area contributed by atoms with Gasteiger partial charge in [-0.15, -0.1) is 0 Å². The smallest absolute Gasteiger partial charge is 0.174 e. The fraction of sp³-hybridized carbons (Fsp3) is 0.625. The van der Waals surface area contributed by atoms with Crippen LogP contribution in [-0.2, 0) is 4.43 Å². The van der Waals surface area contributed by atoms with Gasteiger partial charge in [-0.1, -0.05) is 56.4 Å². The molecule has 1 aliphatic heterocycles. The normalized spacial score (nSPS) is 30.8. The molecule has 1 nitrogen and oxygen atoms in total. The zero-order valence-corrected chi connectivity index (χ0v) is 15.3. The van der Waals surface area contributed by atoms with Crippen molar-refractivity contribution in [2.75, 3.05) is 0 Å². The average Bonchev–Trinajstić information content (AvgIpc) is 2.35. The molecule has 1 aromatic rings. The molecular weight excluding hydrogens is 264 g/mol. The minimum absolute atomic E-state index is 0.0274. The second-order valence-corrected chi connectivity index (χ2v) is 22.6. The first-order valence-electron chi connectivity index (χ1n) is 7.43. The molecule has 0 radical (unpaired) electrons. The molecule has 0 aromatic heterocycles. The van der Waals surface area contributed by atoms with Crippen LogP contribution in [0.4, 0.5) is 0 Å². The van der Waals surface area contributed by atoms with E-state index in [2.05, 4.69) is 70.4 Å². The Bertz CT molecular complexity index is 441. The molecule has 0 saturated carbocycles. The van der Waals surface area contributed by atoms with Crippen molar-refractivity contribution < 1.29 is 4.43 Å². The summed E-state index contributed by atoms with van der Waals surface area (Å²) in [6.45, 7) is 14.6. The first-order valence-corrected chi connectivity index (χ1v) is 14.5. The lowest BCUT2D eigenvalue weighted by Gasteiger charge is -2.53. The highest BCUT2D eigenvalue weighted by atomic mass is 29.3. The number of rotatable bonds is 2. The van der Waals surface area contributed by atoms with Crippen LogP contribution in [0.3, 0.4) is 0 Å². The molecule has 1 saturated heterocycles. The van der Waals surface area contributed by atoms with Crippen molar-refractivity contribution in [1.82, 2.24) is 0 Å². The third-order valence-corrected chi connectivity index (χ3v) is 22.2. The van der Waals surface area contributed by atoms with Gasteiger partial charge in [0.25, 0.3) is 0 Å². The predicted molar refractivity (Wildman–Crippen MR) is 88.7 cm³/mol. The maximum atomic E-state index is 6.79. The van der Waals surface area contributed by atoms with Crippen LogP contribution in [0.5, 0.6) is 0 Å². The Morgan fingerprint density at radius 3 is 2.21 bits per heavy atom. The lowest BCUT2D eigenvalue weighted by atomic mass is 9.83. The van der Waals surface area contributed by atoms with Crippen molar-refractivity contribution in [3.05, 3.63) is 35.9 Å². The van der Waals surface area contributed by atoms with Gasteiger partial charge < -0.3 is 4.43 Å². The number of hydrogen-bond acceptors (Lipinski definition) is 1. The molecule has 0 N–H and O–H groups in total. The van der Waals surface area contributed by atoms with Gasteiger partial charge in [-0.3, -0.25) is 0 Å². The Kier molecular flexibility index (Phi) is 3.84. The average molecular weight is 293 g/mol. The van der Waals surface area contributed by atoms with E-state index >= 15 is 0 Å². The van der Waals surface area contributed by atoms with Crippen LogP contribution in [-0.4, -0.2) is 21.0 Å². The van der Waals surface area contributed by atoms with Gasteiger partial charge in [0, 0.05) is 5.92 Å². The van der Waals surface area contributed by atoms with Crippen LogP contribution < -0.4 is 0 Å². The fourth-order valence-corrected chi connectivity index (χ4v) is 10.2. The van der Waals surface area contributed by atoms with Crippen molar-refractivity contribution in [2.45, 2.75) is 64.0 Å². The highest BCUT2D eigenvalue weighted by Gasteiger charge is 2.52. The summed E-state index contributed by atoms with van der Waals surface area (Å²) in [6, 6.07) is 12.3. The van der Waals surface area contributed by atoms with Crippen LogP contribution in [0.2, 0.25) is 32.2 Å². The van der Waals surface area contributed by atoms with Gasteiger partial charge in [-0.25, -0.2) is 0 Å². The molecule has 19 heavy (non-hydrogen) atoms. The molecule has 1 aromatic carbocycles. The summed E-state index contributed by atoms with van der Waals surface area (Å²) < 4.78 is 6.79. The Morgan fingerprint density at radius 1 is 1.11 bits per heavy atom. The van der Waals surface area contributed by atoms with Crippen molar-refractivity contribution in [1.29, 1.82) is 0 Å². The predicted octanol–water partition coefficient (Wildman–Crippen LogP) is 4.96. The third-order valence-electron chi connectivity index (χ3n) is 5.58. The molecule has 1 heterocycles. The monoisotopic (exact) mass is 292 g/mol. The molecule has 1 fully saturated rings. The largest absolute Gasteiger partial charge is 0.414 e. The van der Waals surface area contributed by atoms with E-state index in [1.807, 2.05) is 0 Å². The van der Waals surface area contributed by atoms with Crippen LogP contribution in [0.15, 0.2) is 30.3 Å². The summed E-state index contributed by atoms with van der Waals surface area (Å²) >= 11 is 0. The quantitative estimate of drug-likeness (QED) is 0.700. The SMILES string of the molecule is CC(c1ccccc1)C1(C)CC[Si](C)(C)[Si](C)(C)O1. The molecule has 2 unspecified atom stereocenters. The summed E-state index contributed by atoms with van der Waals surface area (Å²) in [5, 5.41) is 0. The lowest BCUT2D eigenvalue weighted by molar-refractivity contribution is 0.0486. The van der Waals surface area contributed by atoms with Crippen molar-refractivity contribution >= 4 is 15.4 Å². The van der Waals surface area contributed by atoms with Gasteiger partial charge in [0.15, 0.2) is 7.83 Å². The minimum atomic E-state index is -1.51. The van der Waals surface area contributed by atoms with Crippen molar-refractivity contribution in [3.8, 4) is 0 Å². The molecule has 106 valence electrons. The van der Waals surface area contributed by atoms with E-state index < -0.39 is 15.4 Å². The van der Waals surface area contributed by atoms with Crippen LogP contribution in [0.1, 0.15) is 31.7 Å². The number of hydrogen-bond donors (Lipinski definition) is 0. The Balaban J connectivity index is 2.25. The first-order chi connectivity index (χ1) is 8.68. The van der Waals surface area contributed by atoms with E-state index in [1.54, 1.807) is 0 Å². The zero-order valence-electron chi connectivity index (χ0n) is 13.3. The highest BCUT2D eigenvalue weighted by molar-refractivity contribution is 7.38. The molecule has 0 bridgehead atoms. The summed E-state index contributed by atoms with van der Waals surface area (Å²) in [6.07, 6.45) is 1.22. The second kappa shape index (κ2) is 4.86. The molecular formula is C16H28OSi2. The maximum Gasteiger partial charge on any atom is 0.174 e. The van der Waals surface area contributed by atoms with E-state index in [0.29, 0.717) is 5.92 Å². The van der Waals surface area contributed by atoms with Crippen molar-refractivity contribution in [3.63, 3.8) is 0 Å². The van der Waals surface area contributed by atoms with Crippen molar-refractivity contribution in [2.24, 2.45) is 0 Å². The van der Waals surface area contributed by atoms with Gasteiger partial charge in [0.05, 0.1) is 13.2 Å². The summed E-state index contributed by atoms with van der Waals surface area (Å²) in [5.41, 5.74) is 1.44. The summed E-state index contributed by atoms with van der Waals surface area (Å²) in [7, 11) is -2.65. The van der Waals surface area contributed by atoms with Crippen LogP contribution in [0.25, 0.3) is 0 Å². The zero-order chi connectivity index (χ0) is 14.3. The van der Waals surface area contributed by atoms with Crippen LogP contribution in [0, 0.1) is 0 Å². The molecule has 3 heteroatoms. The summed E-state index contributed by atoms with van der Waals surface area (Å²) in [5.74, 6) is 0.477. The van der Waals surface area contributed by atoms with Gasteiger partial charge in [-0.2, -0.15) is 0 Å². The number of benzene rings is 1. The molecule has 1 aliphatic rings. The lowest BCUT2D eigenvalue weighted by Crippen LogP contribution is -2.65. The molecule has 2 rings (SSSR count). The van der Waals surface area contributed by atoms with Gasteiger partial charge >= 0.3 is 0 Å². The second-order valence-electron chi connectivity index (χ2n) is 7.44. The van der Waals surface area contributed by atoms with Crippen LogP contribution >= 0.6 is 0 Å². The molecule has 0 aliphatic carbocycles. The Morgan fingerprint density at radius 2 is 1.68 bits per heavy atom. The van der Waals surface area contributed by atoms with E-state index in [9.17, 15) is 0 Å². The third kappa shape index (κ3) is 2.74. The van der Waals surface area contributed by atoms with E-state index in [1.165, 1.54) is 18.0 Å². The minimum Gasteiger partial charge on any atom is -0.414 e. The van der Waals surface area contributed by atoms with E-state index in [4.69, 9.17) is 4.43 Å². The molecule has 0 amide bonds. The topological polar surface area (TPSA) is 9.23 Å². The molecule has 0 spiro atoms. The van der Waals surface area contributed by atoms with E-state index in [-0.39, 0.29) is 5.60 Å². The maximum absolute atomic E-state index is 6.79. The standard InChI is InChI=1S/C16H28OSi2/c1-14(15-10-8-7-9-11-15)16(2)12-13-18(3,4)19(5,6)17-16/h7-11,14H,12-13H2,1-6H3. The van der Waals surface area contributed by atoms with Gasteiger partial charge in [0.1, 0.15) is 0 Å². The Labute approximate surface area is 120 Å². The first kappa shape index (κ1) is 15.0. The highest BCUT2D eigenvalue weighted by Crippen LogP contribution is 2.45. The fourth-order valence-electron chi connectivity index (χ4n) is 3.03. The van der Waals surface area contributed by atoms with Gasteiger partial charge in [0.2, 0.25) is 0 Å².